The Balaban J connectivity index is 2.32. The van der Waals surface area contributed by atoms with Crippen LogP contribution in [0.3, 0.4) is 0 Å². The van der Waals surface area contributed by atoms with E-state index in [0.717, 1.165) is 16.9 Å². The molecule has 110 valence electrons. The van der Waals surface area contributed by atoms with Crippen LogP contribution in [0.15, 0.2) is 47.4 Å². The molecule has 0 atom stereocenters. The number of hydrogen-bond donors (Lipinski definition) is 1. The first-order valence-corrected chi connectivity index (χ1v) is 7.84. The molecule has 0 radical (unpaired) electrons. The number of halogens is 1. The normalized spacial score (nSPS) is 10.4. The number of carboxylic acids is 1. The van der Waals surface area contributed by atoms with Crippen LogP contribution in [0.5, 0.6) is 5.75 Å². The Hall–Kier alpha value is -1.65. The largest absolute Gasteiger partial charge is 0.481 e. The van der Waals surface area contributed by atoms with Crippen LogP contribution in [-0.2, 0) is 4.79 Å². The first-order valence-electron chi connectivity index (χ1n) is 6.47. The summed E-state index contributed by atoms with van der Waals surface area (Å²) in [7, 11) is 0. The van der Waals surface area contributed by atoms with Crippen molar-refractivity contribution in [1.29, 1.82) is 0 Å². The van der Waals surface area contributed by atoms with Crippen LogP contribution in [0.4, 0.5) is 0 Å². The molecule has 0 spiro atoms. The van der Waals surface area contributed by atoms with E-state index in [0.29, 0.717) is 10.8 Å². The Kier molecular flexibility index (Phi) is 5.53. The van der Waals surface area contributed by atoms with E-state index in [2.05, 4.69) is 6.92 Å². The Bertz CT molecular complexity index is 626. The van der Waals surface area contributed by atoms with Crippen LogP contribution in [0, 0.1) is 0 Å². The molecule has 0 aliphatic carbocycles. The molecule has 0 fully saturated rings. The maximum atomic E-state index is 10.7. The first-order chi connectivity index (χ1) is 10.1. The molecule has 0 aliphatic rings. The van der Waals surface area contributed by atoms with Crippen molar-refractivity contribution in [2.75, 3.05) is 12.4 Å². The van der Waals surface area contributed by atoms with Gasteiger partial charge in [0.2, 0.25) is 0 Å². The van der Waals surface area contributed by atoms with Gasteiger partial charge in [-0.3, -0.25) is 0 Å². The van der Waals surface area contributed by atoms with Gasteiger partial charge in [-0.25, -0.2) is 4.79 Å². The van der Waals surface area contributed by atoms with Crippen LogP contribution in [-0.4, -0.2) is 23.4 Å². The van der Waals surface area contributed by atoms with E-state index in [4.69, 9.17) is 21.4 Å². The molecule has 5 heteroatoms. The standard InChI is InChI=1S/C16H15ClO3S/c1-2-21-13-6-3-11(4-7-13)14-9-12(17)5-8-15(14)20-10-16(18)19/h3-9H,2,10H2,1H3,(H,18,19). The Morgan fingerprint density at radius 2 is 1.95 bits per heavy atom. The molecule has 0 bridgehead atoms. The third-order valence-electron chi connectivity index (χ3n) is 2.77. The van der Waals surface area contributed by atoms with E-state index >= 15 is 0 Å². The predicted octanol–water partition coefficient (Wildman–Crippen LogP) is 4.58. The van der Waals surface area contributed by atoms with E-state index in [1.807, 2.05) is 24.3 Å². The third kappa shape index (κ3) is 4.41. The quantitative estimate of drug-likeness (QED) is 0.791. The van der Waals surface area contributed by atoms with Crippen molar-refractivity contribution in [1.82, 2.24) is 0 Å². The second-order valence-electron chi connectivity index (χ2n) is 4.28. The minimum atomic E-state index is -1.01. The molecule has 2 aromatic carbocycles. The van der Waals surface area contributed by atoms with Gasteiger partial charge in [0, 0.05) is 15.5 Å². The second kappa shape index (κ2) is 7.38. The molecule has 21 heavy (non-hydrogen) atoms. The monoisotopic (exact) mass is 322 g/mol. The summed E-state index contributed by atoms with van der Waals surface area (Å²) in [5, 5.41) is 9.32. The average molecular weight is 323 g/mol. The molecule has 3 nitrogen and oxygen atoms in total. The maximum absolute atomic E-state index is 10.7. The maximum Gasteiger partial charge on any atom is 0.341 e. The minimum Gasteiger partial charge on any atom is -0.481 e. The molecule has 0 saturated heterocycles. The van der Waals surface area contributed by atoms with Gasteiger partial charge in [0.1, 0.15) is 5.75 Å². The lowest BCUT2D eigenvalue weighted by atomic mass is 10.0. The summed E-state index contributed by atoms with van der Waals surface area (Å²) < 4.78 is 5.32. The summed E-state index contributed by atoms with van der Waals surface area (Å²) in [6.45, 7) is 1.73. The van der Waals surface area contributed by atoms with Crippen molar-refractivity contribution in [2.45, 2.75) is 11.8 Å². The highest BCUT2D eigenvalue weighted by Gasteiger charge is 2.09. The zero-order chi connectivity index (χ0) is 15.2. The molecule has 0 aliphatic heterocycles. The van der Waals surface area contributed by atoms with E-state index in [-0.39, 0.29) is 6.61 Å². The molecule has 2 rings (SSSR count). The van der Waals surface area contributed by atoms with Gasteiger partial charge in [0.25, 0.3) is 0 Å². The lowest BCUT2D eigenvalue weighted by molar-refractivity contribution is -0.139. The van der Waals surface area contributed by atoms with E-state index < -0.39 is 5.97 Å². The number of carboxylic acid groups (broad SMARTS) is 1. The number of hydrogen-bond acceptors (Lipinski definition) is 3. The van der Waals surface area contributed by atoms with Gasteiger partial charge < -0.3 is 9.84 Å². The van der Waals surface area contributed by atoms with Crippen LogP contribution in [0.2, 0.25) is 5.02 Å². The SMILES string of the molecule is CCSc1ccc(-c2cc(Cl)ccc2OCC(=O)O)cc1. The summed E-state index contributed by atoms with van der Waals surface area (Å²) in [5.74, 6) is 0.520. The fourth-order valence-electron chi connectivity index (χ4n) is 1.89. The van der Waals surface area contributed by atoms with E-state index in [1.165, 1.54) is 4.90 Å². The van der Waals surface area contributed by atoms with Crippen LogP contribution >= 0.6 is 23.4 Å². The molecule has 0 saturated carbocycles. The lowest BCUT2D eigenvalue weighted by Gasteiger charge is -2.11. The number of thioether (sulfide) groups is 1. The van der Waals surface area contributed by atoms with Gasteiger partial charge in [-0.05, 0) is 41.6 Å². The van der Waals surface area contributed by atoms with Crippen LogP contribution in [0.25, 0.3) is 11.1 Å². The molecule has 0 amide bonds. The van der Waals surface area contributed by atoms with E-state index in [9.17, 15) is 4.79 Å². The second-order valence-corrected chi connectivity index (χ2v) is 6.05. The number of aliphatic carboxylic acids is 1. The lowest BCUT2D eigenvalue weighted by Crippen LogP contribution is -2.09. The van der Waals surface area contributed by atoms with Gasteiger partial charge in [-0.2, -0.15) is 0 Å². The molecule has 0 aromatic heterocycles. The summed E-state index contributed by atoms with van der Waals surface area (Å²) in [4.78, 5) is 11.8. The third-order valence-corrected chi connectivity index (χ3v) is 3.90. The minimum absolute atomic E-state index is 0.377. The Morgan fingerprint density at radius 1 is 1.24 bits per heavy atom. The molecule has 2 aromatic rings. The van der Waals surface area contributed by atoms with Crippen molar-refractivity contribution in [3.8, 4) is 16.9 Å². The smallest absolute Gasteiger partial charge is 0.341 e. The van der Waals surface area contributed by atoms with Crippen molar-refractivity contribution in [3.05, 3.63) is 47.5 Å². The van der Waals surface area contributed by atoms with Crippen LogP contribution in [0.1, 0.15) is 6.92 Å². The van der Waals surface area contributed by atoms with Gasteiger partial charge in [0.05, 0.1) is 0 Å². The van der Waals surface area contributed by atoms with Gasteiger partial charge >= 0.3 is 5.97 Å². The molecule has 1 N–H and O–H groups in total. The fraction of sp³-hybridized carbons (Fsp3) is 0.188. The zero-order valence-electron chi connectivity index (χ0n) is 11.5. The highest BCUT2D eigenvalue weighted by Crippen LogP contribution is 2.33. The zero-order valence-corrected chi connectivity index (χ0v) is 13.1. The molecule has 0 heterocycles. The highest BCUT2D eigenvalue weighted by atomic mass is 35.5. The summed E-state index contributed by atoms with van der Waals surface area (Å²) in [5.41, 5.74) is 1.73. The first kappa shape index (κ1) is 15.7. The van der Waals surface area contributed by atoms with Crippen LogP contribution < -0.4 is 4.74 Å². The van der Waals surface area contributed by atoms with E-state index in [1.54, 1.807) is 30.0 Å². The molecular weight excluding hydrogens is 308 g/mol. The van der Waals surface area contributed by atoms with Gasteiger partial charge in [0.15, 0.2) is 6.61 Å². The topological polar surface area (TPSA) is 46.5 Å². The van der Waals surface area contributed by atoms with Crippen molar-refractivity contribution in [2.24, 2.45) is 0 Å². The highest BCUT2D eigenvalue weighted by molar-refractivity contribution is 7.99. The molecule has 0 unspecified atom stereocenters. The number of carbonyl (C=O) groups is 1. The summed E-state index contributed by atoms with van der Waals surface area (Å²) >= 11 is 7.80. The predicted molar refractivity (Wildman–Crippen MR) is 86.4 cm³/mol. The van der Waals surface area contributed by atoms with Gasteiger partial charge in [-0.1, -0.05) is 30.7 Å². The Labute approximate surface area is 132 Å². The van der Waals surface area contributed by atoms with Gasteiger partial charge in [-0.15, -0.1) is 11.8 Å². The summed E-state index contributed by atoms with van der Waals surface area (Å²) in [6, 6.07) is 13.2. The fourth-order valence-corrected chi connectivity index (χ4v) is 2.72. The summed E-state index contributed by atoms with van der Waals surface area (Å²) in [6.07, 6.45) is 0. The Morgan fingerprint density at radius 3 is 2.57 bits per heavy atom. The van der Waals surface area contributed by atoms with Crippen molar-refractivity contribution >= 4 is 29.3 Å². The van der Waals surface area contributed by atoms with Crippen molar-refractivity contribution < 1.29 is 14.6 Å². The number of benzene rings is 2. The number of ether oxygens (including phenoxy) is 1. The molecular formula is C16H15ClO3S. The average Bonchev–Trinajstić information content (AvgIpc) is 2.47. The van der Waals surface area contributed by atoms with Crippen molar-refractivity contribution in [3.63, 3.8) is 0 Å². The number of rotatable bonds is 6.